The summed E-state index contributed by atoms with van der Waals surface area (Å²) in [5, 5.41) is 9.55. The van der Waals surface area contributed by atoms with Crippen molar-refractivity contribution in [3.63, 3.8) is 0 Å². The van der Waals surface area contributed by atoms with Gasteiger partial charge in [-0.05, 0) is 50.8 Å². The van der Waals surface area contributed by atoms with Crippen molar-refractivity contribution < 1.29 is 9.59 Å². The Kier molecular flexibility index (Phi) is 9.47. The van der Waals surface area contributed by atoms with Gasteiger partial charge in [0.1, 0.15) is 0 Å². The van der Waals surface area contributed by atoms with Crippen LogP contribution >= 0.6 is 0 Å². The molecule has 1 heterocycles. The Morgan fingerprint density at radius 3 is 2.79 bits per heavy atom. The first-order valence-corrected chi connectivity index (χ1v) is 10.7. The smallest absolute Gasteiger partial charge is 0.251 e. The van der Waals surface area contributed by atoms with Crippen LogP contribution in [0.15, 0.2) is 29.3 Å². The van der Waals surface area contributed by atoms with Gasteiger partial charge in [0.2, 0.25) is 5.91 Å². The van der Waals surface area contributed by atoms with E-state index in [1.807, 2.05) is 49.9 Å². The van der Waals surface area contributed by atoms with Gasteiger partial charge in [0, 0.05) is 44.2 Å². The molecule has 1 aromatic carbocycles. The van der Waals surface area contributed by atoms with Crippen LogP contribution in [0, 0.1) is 0 Å². The van der Waals surface area contributed by atoms with Crippen LogP contribution in [0.1, 0.15) is 62.4 Å². The molecule has 7 nitrogen and oxygen atoms in total. The summed E-state index contributed by atoms with van der Waals surface area (Å²) in [6, 6.07) is 7.75. The number of likely N-dealkylation sites (tertiary alicyclic amines) is 1. The molecule has 0 spiro atoms. The molecule has 0 saturated carbocycles. The van der Waals surface area contributed by atoms with Gasteiger partial charge in [0.15, 0.2) is 5.96 Å². The Labute approximate surface area is 174 Å². The summed E-state index contributed by atoms with van der Waals surface area (Å²) >= 11 is 0. The van der Waals surface area contributed by atoms with Crippen molar-refractivity contribution in [2.24, 2.45) is 4.99 Å². The number of benzene rings is 1. The van der Waals surface area contributed by atoms with Crippen LogP contribution in [0.4, 0.5) is 0 Å². The first kappa shape index (κ1) is 22.7. The predicted octanol–water partition coefficient (Wildman–Crippen LogP) is 2.28. The molecule has 1 fully saturated rings. The van der Waals surface area contributed by atoms with E-state index in [2.05, 4.69) is 20.9 Å². The number of rotatable bonds is 10. The summed E-state index contributed by atoms with van der Waals surface area (Å²) in [7, 11) is 0. The van der Waals surface area contributed by atoms with Gasteiger partial charge in [-0.25, -0.2) is 4.99 Å². The largest absolute Gasteiger partial charge is 0.357 e. The molecule has 3 N–H and O–H groups in total. The van der Waals surface area contributed by atoms with Crippen LogP contribution in [-0.2, 0) is 11.3 Å². The average molecular weight is 402 g/mol. The van der Waals surface area contributed by atoms with Gasteiger partial charge in [-0.15, -0.1) is 0 Å². The van der Waals surface area contributed by atoms with Crippen LogP contribution < -0.4 is 16.0 Å². The van der Waals surface area contributed by atoms with E-state index in [1.54, 1.807) is 0 Å². The second-order valence-electron chi connectivity index (χ2n) is 7.44. The Balaban J connectivity index is 1.86. The highest BCUT2D eigenvalue weighted by molar-refractivity contribution is 5.94. The van der Waals surface area contributed by atoms with Crippen molar-refractivity contribution in [2.45, 2.75) is 59.0 Å². The van der Waals surface area contributed by atoms with Gasteiger partial charge in [-0.2, -0.15) is 0 Å². The van der Waals surface area contributed by atoms with E-state index in [-0.39, 0.29) is 17.9 Å². The first-order chi connectivity index (χ1) is 14.0. The zero-order valence-corrected chi connectivity index (χ0v) is 18.0. The van der Waals surface area contributed by atoms with Gasteiger partial charge in [0.05, 0.1) is 6.54 Å². The molecule has 7 heteroatoms. The van der Waals surface area contributed by atoms with Gasteiger partial charge < -0.3 is 20.9 Å². The molecule has 2 amide bonds. The Morgan fingerprint density at radius 1 is 1.28 bits per heavy atom. The van der Waals surface area contributed by atoms with E-state index in [0.717, 1.165) is 57.0 Å². The quantitative estimate of drug-likeness (QED) is 0.319. The molecular formula is C22H35N5O2. The number of aliphatic imine (C=N–C) groups is 1. The Bertz CT molecular complexity index is 704. The van der Waals surface area contributed by atoms with E-state index < -0.39 is 0 Å². The molecule has 0 bridgehead atoms. The monoisotopic (exact) mass is 401 g/mol. The molecule has 1 aliphatic rings. The Morgan fingerprint density at radius 2 is 2.10 bits per heavy atom. The highest BCUT2D eigenvalue weighted by Gasteiger charge is 2.18. The van der Waals surface area contributed by atoms with Crippen LogP contribution in [0.2, 0.25) is 0 Å². The minimum atomic E-state index is -0.0494. The van der Waals surface area contributed by atoms with E-state index in [1.165, 1.54) is 0 Å². The number of hydrogen-bond acceptors (Lipinski definition) is 3. The molecule has 160 valence electrons. The minimum Gasteiger partial charge on any atom is -0.357 e. The van der Waals surface area contributed by atoms with Crippen LogP contribution in [0.3, 0.4) is 0 Å². The number of hydrogen-bond donors (Lipinski definition) is 3. The predicted molar refractivity (Wildman–Crippen MR) is 117 cm³/mol. The number of nitrogens with one attached hydrogen (secondary N) is 3. The zero-order chi connectivity index (χ0) is 21.1. The topological polar surface area (TPSA) is 85.8 Å². The molecule has 0 aromatic heterocycles. The molecule has 29 heavy (non-hydrogen) atoms. The van der Waals surface area contributed by atoms with Gasteiger partial charge >= 0.3 is 0 Å². The summed E-state index contributed by atoms with van der Waals surface area (Å²) in [6.07, 6.45) is 3.46. The maximum Gasteiger partial charge on any atom is 0.251 e. The molecule has 1 unspecified atom stereocenters. The fourth-order valence-corrected chi connectivity index (χ4v) is 3.15. The maximum atomic E-state index is 12.3. The highest BCUT2D eigenvalue weighted by atomic mass is 16.2. The number of guanidine groups is 1. The number of amides is 2. The summed E-state index contributed by atoms with van der Waals surface area (Å²) in [4.78, 5) is 30.5. The third-order valence-electron chi connectivity index (χ3n) is 5.01. The lowest BCUT2D eigenvalue weighted by molar-refractivity contribution is -0.127. The molecular weight excluding hydrogens is 366 g/mol. The van der Waals surface area contributed by atoms with Crippen LogP contribution in [0.25, 0.3) is 0 Å². The lowest BCUT2D eigenvalue weighted by Gasteiger charge is -2.16. The minimum absolute atomic E-state index is 0.0494. The number of nitrogens with zero attached hydrogens (tertiary/aromatic N) is 2. The summed E-state index contributed by atoms with van der Waals surface area (Å²) in [5.41, 5.74) is 1.65. The van der Waals surface area contributed by atoms with Crippen molar-refractivity contribution >= 4 is 17.8 Å². The van der Waals surface area contributed by atoms with Crippen molar-refractivity contribution in [1.29, 1.82) is 0 Å². The van der Waals surface area contributed by atoms with E-state index in [0.29, 0.717) is 18.5 Å². The SMILES string of the molecule is CCNC(=NCc1cccc(C(=O)NC(C)CC)c1)NCCCN1CCCC1=O. The van der Waals surface area contributed by atoms with Crippen molar-refractivity contribution in [2.75, 3.05) is 26.2 Å². The van der Waals surface area contributed by atoms with Crippen molar-refractivity contribution in [3.05, 3.63) is 35.4 Å². The first-order valence-electron chi connectivity index (χ1n) is 10.7. The second-order valence-corrected chi connectivity index (χ2v) is 7.44. The molecule has 1 aromatic rings. The fraction of sp³-hybridized carbons (Fsp3) is 0.591. The van der Waals surface area contributed by atoms with E-state index in [4.69, 9.17) is 0 Å². The van der Waals surface area contributed by atoms with Crippen molar-refractivity contribution in [1.82, 2.24) is 20.9 Å². The summed E-state index contributed by atoms with van der Waals surface area (Å²) in [6.45, 7) is 9.77. The second kappa shape index (κ2) is 12.1. The normalized spacial score (nSPS) is 15.3. The van der Waals surface area contributed by atoms with Gasteiger partial charge in [-0.3, -0.25) is 9.59 Å². The third kappa shape index (κ3) is 7.75. The molecule has 1 aliphatic heterocycles. The number of carbonyl (C=O) groups excluding carboxylic acids is 2. The zero-order valence-electron chi connectivity index (χ0n) is 18.0. The standard InChI is InChI=1S/C22H35N5O2/c1-4-17(3)26-21(29)19-10-6-9-18(15-19)16-25-22(23-5-2)24-12-8-14-27-13-7-11-20(27)28/h6,9-10,15,17H,4-5,7-8,11-14,16H2,1-3H3,(H,26,29)(H2,23,24,25). The molecule has 1 atom stereocenters. The van der Waals surface area contributed by atoms with E-state index in [9.17, 15) is 9.59 Å². The van der Waals surface area contributed by atoms with Gasteiger partial charge in [-0.1, -0.05) is 19.1 Å². The maximum absolute atomic E-state index is 12.3. The van der Waals surface area contributed by atoms with Crippen LogP contribution in [-0.4, -0.2) is 54.9 Å². The lowest BCUT2D eigenvalue weighted by Crippen LogP contribution is -2.39. The Hall–Kier alpha value is -2.57. The van der Waals surface area contributed by atoms with Crippen molar-refractivity contribution in [3.8, 4) is 0 Å². The van der Waals surface area contributed by atoms with E-state index >= 15 is 0 Å². The molecule has 2 rings (SSSR count). The molecule has 1 saturated heterocycles. The molecule has 0 aliphatic carbocycles. The average Bonchev–Trinajstić information content (AvgIpc) is 3.14. The molecule has 0 radical (unpaired) electrons. The summed E-state index contributed by atoms with van der Waals surface area (Å²) in [5.74, 6) is 0.962. The van der Waals surface area contributed by atoms with Crippen LogP contribution in [0.5, 0.6) is 0 Å². The summed E-state index contributed by atoms with van der Waals surface area (Å²) < 4.78 is 0. The third-order valence-corrected chi connectivity index (χ3v) is 5.01. The van der Waals surface area contributed by atoms with Gasteiger partial charge in [0.25, 0.3) is 5.91 Å². The highest BCUT2D eigenvalue weighted by Crippen LogP contribution is 2.09. The fourth-order valence-electron chi connectivity index (χ4n) is 3.15. The number of carbonyl (C=O) groups is 2. The lowest BCUT2D eigenvalue weighted by atomic mass is 10.1.